The van der Waals surface area contributed by atoms with Gasteiger partial charge >= 0.3 is 6.61 Å². The second-order valence-electron chi connectivity index (χ2n) is 5.96. The number of carbonyl (C=O) groups is 2. The number of hydrogen-bond acceptors (Lipinski definition) is 5. The lowest BCUT2D eigenvalue weighted by molar-refractivity contribution is -0.0503. The predicted molar refractivity (Wildman–Crippen MR) is 98.7 cm³/mol. The van der Waals surface area contributed by atoms with Crippen molar-refractivity contribution >= 4 is 24.2 Å². The number of rotatable bonds is 5. The van der Waals surface area contributed by atoms with Gasteiger partial charge in [0.2, 0.25) is 0 Å². The van der Waals surface area contributed by atoms with Gasteiger partial charge in [0.15, 0.2) is 0 Å². The first-order chi connectivity index (χ1) is 13.0. The van der Waals surface area contributed by atoms with E-state index in [-0.39, 0.29) is 49.3 Å². The predicted octanol–water partition coefficient (Wildman–Crippen LogP) is 2.36. The molecule has 28 heavy (non-hydrogen) atoms. The third-order valence-electron chi connectivity index (χ3n) is 4.29. The molecule has 0 aliphatic carbocycles. The summed E-state index contributed by atoms with van der Waals surface area (Å²) < 4.78 is 34.7. The van der Waals surface area contributed by atoms with Gasteiger partial charge in [-0.15, -0.1) is 12.4 Å². The Morgan fingerprint density at radius 3 is 2.29 bits per heavy atom. The van der Waals surface area contributed by atoms with Gasteiger partial charge in [-0.05, 0) is 18.2 Å². The molecule has 1 aromatic carbocycles. The summed E-state index contributed by atoms with van der Waals surface area (Å²) in [7, 11) is 0. The first-order valence-corrected chi connectivity index (χ1v) is 8.39. The smallest absolute Gasteiger partial charge is 0.387 e. The number of amides is 2. The normalized spacial score (nSPS) is 14.0. The van der Waals surface area contributed by atoms with Crippen molar-refractivity contribution in [1.82, 2.24) is 9.80 Å². The lowest BCUT2D eigenvalue weighted by Gasteiger charge is -2.34. The zero-order valence-corrected chi connectivity index (χ0v) is 15.7. The van der Waals surface area contributed by atoms with Crippen LogP contribution in [0.3, 0.4) is 0 Å². The molecule has 7 nitrogen and oxygen atoms in total. The molecule has 2 aromatic rings. The summed E-state index contributed by atoms with van der Waals surface area (Å²) in [6, 6.07) is 7.47. The molecule has 0 bridgehead atoms. The average molecular weight is 416 g/mol. The molecule has 2 N–H and O–H groups in total. The van der Waals surface area contributed by atoms with Crippen LogP contribution in [0.4, 0.5) is 8.78 Å². The summed E-state index contributed by atoms with van der Waals surface area (Å²) >= 11 is 0. The van der Waals surface area contributed by atoms with Crippen LogP contribution >= 0.6 is 12.4 Å². The fourth-order valence-corrected chi connectivity index (χ4v) is 2.91. The Morgan fingerprint density at radius 2 is 1.71 bits per heavy atom. The van der Waals surface area contributed by atoms with E-state index in [4.69, 9.17) is 10.2 Å². The summed E-state index contributed by atoms with van der Waals surface area (Å²) in [6.07, 6.45) is 1.36. The summed E-state index contributed by atoms with van der Waals surface area (Å²) in [5, 5.41) is 0. The number of para-hydroxylation sites is 1. The van der Waals surface area contributed by atoms with Crippen LogP contribution in [-0.4, -0.2) is 54.4 Å². The second-order valence-corrected chi connectivity index (χ2v) is 5.96. The van der Waals surface area contributed by atoms with Gasteiger partial charge in [-0.25, -0.2) is 0 Å². The van der Waals surface area contributed by atoms with Crippen LogP contribution in [0.2, 0.25) is 0 Å². The topological polar surface area (TPSA) is 89.0 Å². The van der Waals surface area contributed by atoms with Gasteiger partial charge in [-0.1, -0.05) is 12.1 Å². The van der Waals surface area contributed by atoms with E-state index >= 15 is 0 Å². The molecule has 0 saturated carbocycles. The molecule has 2 amide bonds. The minimum absolute atomic E-state index is 0. The third kappa shape index (κ3) is 4.79. The van der Waals surface area contributed by atoms with Crippen LogP contribution in [-0.2, 0) is 6.54 Å². The van der Waals surface area contributed by atoms with Crippen molar-refractivity contribution in [3.8, 4) is 5.75 Å². The Labute approximate surface area is 166 Å². The highest BCUT2D eigenvalue weighted by atomic mass is 35.5. The number of alkyl halides is 2. The van der Waals surface area contributed by atoms with Crippen molar-refractivity contribution < 1.29 is 27.5 Å². The maximum absolute atomic E-state index is 12.7. The fraction of sp³-hybridized carbons (Fsp3) is 0.333. The van der Waals surface area contributed by atoms with E-state index < -0.39 is 12.5 Å². The molecule has 0 unspecified atom stereocenters. The average Bonchev–Trinajstić information content (AvgIpc) is 3.16. The molecule has 1 aromatic heterocycles. The van der Waals surface area contributed by atoms with E-state index in [2.05, 4.69) is 4.74 Å². The Morgan fingerprint density at radius 1 is 1.11 bits per heavy atom. The molecule has 0 spiro atoms. The largest absolute Gasteiger partial charge is 0.467 e. The van der Waals surface area contributed by atoms with Crippen LogP contribution < -0.4 is 10.5 Å². The van der Waals surface area contributed by atoms with Gasteiger partial charge in [-0.2, -0.15) is 8.78 Å². The highest BCUT2D eigenvalue weighted by molar-refractivity contribution is 5.97. The zero-order chi connectivity index (χ0) is 19.4. The Hall–Kier alpha value is -2.65. The lowest BCUT2D eigenvalue weighted by atomic mass is 10.1. The molecule has 1 saturated heterocycles. The quantitative estimate of drug-likeness (QED) is 0.809. The van der Waals surface area contributed by atoms with Gasteiger partial charge in [0.25, 0.3) is 11.8 Å². The molecule has 0 radical (unpaired) electrons. The summed E-state index contributed by atoms with van der Waals surface area (Å²) in [6.45, 7) is -1.58. The molecule has 0 atom stereocenters. The number of nitrogens with zero attached hydrogens (tertiary/aromatic N) is 2. The number of furan rings is 1. The van der Waals surface area contributed by atoms with Crippen LogP contribution in [0.5, 0.6) is 5.75 Å². The van der Waals surface area contributed by atoms with Gasteiger partial charge < -0.3 is 24.7 Å². The molecule has 1 aliphatic heterocycles. The summed E-state index contributed by atoms with van der Waals surface area (Å²) in [4.78, 5) is 28.2. The number of benzene rings is 1. The first-order valence-electron chi connectivity index (χ1n) is 8.39. The van der Waals surface area contributed by atoms with Crippen LogP contribution in [0.1, 0.15) is 26.5 Å². The van der Waals surface area contributed by atoms with Gasteiger partial charge in [0.1, 0.15) is 17.8 Å². The molecule has 1 aliphatic rings. The minimum atomic E-state index is -3.01. The Kier molecular flexibility index (Phi) is 7.36. The van der Waals surface area contributed by atoms with E-state index in [0.717, 1.165) is 0 Å². The Bertz CT molecular complexity index is 823. The minimum Gasteiger partial charge on any atom is -0.467 e. The SMILES string of the molecule is Cl.NCc1cc(C(=O)N2CCN(C(=O)c3ccccc3OC(F)F)CC2)co1. The summed E-state index contributed by atoms with van der Waals surface area (Å²) in [5.74, 6) is -0.259. The van der Waals surface area contributed by atoms with E-state index in [1.54, 1.807) is 17.0 Å². The molecule has 10 heteroatoms. The van der Waals surface area contributed by atoms with Crippen molar-refractivity contribution in [2.75, 3.05) is 26.2 Å². The monoisotopic (exact) mass is 415 g/mol. The Balaban J connectivity index is 0.00000280. The second kappa shape index (κ2) is 9.52. The van der Waals surface area contributed by atoms with Crippen molar-refractivity contribution in [3.63, 3.8) is 0 Å². The number of piperazine rings is 1. The van der Waals surface area contributed by atoms with E-state index in [1.807, 2.05) is 0 Å². The van der Waals surface area contributed by atoms with Crippen molar-refractivity contribution in [2.24, 2.45) is 5.73 Å². The molecule has 3 rings (SSSR count). The number of carbonyl (C=O) groups excluding carboxylic acids is 2. The first kappa shape index (κ1) is 21.6. The maximum atomic E-state index is 12.7. The van der Waals surface area contributed by atoms with E-state index in [0.29, 0.717) is 24.4 Å². The molecule has 152 valence electrons. The van der Waals surface area contributed by atoms with Gasteiger partial charge in [0.05, 0.1) is 17.7 Å². The third-order valence-corrected chi connectivity index (χ3v) is 4.29. The number of halogens is 3. The molecular weight excluding hydrogens is 396 g/mol. The molecule has 2 heterocycles. The zero-order valence-electron chi connectivity index (χ0n) is 14.8. The van der Waals surface area contributed by atoms with Crippen molar-refractivity contribution in [2.45, 2.75) is 13.2 Å². The highest BCUT2D eigenvalue weighted by Crippen LogP contribution is 2.23. The van der Waals surface area contributed by atoms with Crippen LogP contribution in [0.25, 0.3) is 0 Å². The van der Waals surface area contributed by atoms with Crippen LogP contribution in [0, 0.1) is 0 Å². The molecule has 1 fully saturated rings. The maximum Gasteiger partial charge on any atom is 0.387 e. The molecular formula is C18H20ClF2N3O4. The number of hydrogen-bond donors (Lipinski definition) is 1. The van der Waals surface area contributed by atoms with E-state index in [9.17, 15) is 18.4 Å². The standard InChI is InChI=1S/C18H19F2N3O4.ClH/c19-18(20)27-15-4-2-1-3-14(15)17(25)23-7-5-22(6-8-23)16(24)12-9-13(10-21)26-11-12;/h1-4,9,11,18H,5-8,10,21H2;1H. The van der Waals surface area contributed by atoms with E-state index in [1.165, 1.54) is 29.4 Å². The number of ether oxygens (including phenoxy) is 1. The van der Waals surface area contributed by atoms with Crippen molar-refractivity contribution in [1.29, 1.82) is 0 Å². The number of nitrogens with two attached hydrogens (primary N) is 1. The lowest BCUT2D eigenvalue weighted by Crippen LogP contribution is -2.50. The van der Waals surface area contributed by atoms with Gasteiger partial charge in [-0.3, -0.25) is 9.59 Å². The highest BCUT2D eigenvalue weighted by Gasteiger charge is 2.28. The van der Waals surface area contributed by atoms with Crippen molar-refractivity contribution in [3.05, 3.63) is 53.5 Å². The fourth-order valence-electron chi connectivity index (χ4n) is 2.91. The summed E-state index contributed by atoms with van der Waals surface area (Å²) in [5.41, 5.74) is 5.95. The van der Waals surface area contributed by atoms with Crippen LogP contribution in [0.15, 0.2) is 41.0 Å². The van der Waals surface area contributed by atoms with Gasteiger partial charge in [0, 0.05) is 26.2 Å².